The van der Waals surface area contributed by atoms with Crippen LogP contribution in [0.15, 0.2) is 188 Å². The van der Waals surface area contributed by atoms with Crippen molar-refractivity contribution in [3.63, 3.8) is 0 Å². The highest BCUT2D eigenvalue weighted by Crippen LogP contribution is 2.54. The van der Waals surface area contributed by atoms with Crippen LogP contribution in [0.2, 0.25) is 0 Å². The molecule has 2 aromatic heterocycles. The van der Waals surface area contributed by atoms with Crippen LogP contribution in [-0.4, -0.2) is 17.6 Å². The van der Waals surface area contributed by atoms with Crippen LogP contribution in [0.4, 0.5) is 0 Å². The first-order chi connectivity index (χ1) is 25.8. The number of nitrogens with zero attached hydrogens (tertiary/aromatic N) is 2. The largest absolute Gasteiger partial charge is 0.455 e. The standard InChI is InChI=1S/C48H34N2OS/c1-3-12-29(13-4-1)42-27-43(50-48(49-42)30-14-5-2-6-15-30)32-23-22-31(24-32)38-25-40-39(34-17-8-7-16-33(34)38)26-45-46(40)41(28-52-45)37-20-11-19-36-35-18-9-10-21-44(35)51-47(36)37/h1-23,25,28,33-34,43H,24,26-27H2. The van der Waals surface area contributed by atoms with Gasteiger partial charge in [0.25, 0.3) is 0 Å². The van der Waals surface area contributed by atoms with E-state index in [4.69, 9.17) is 14.4 Å². The Morgan fingerprint density at radius 2 is 1.46 bits per heavy atom. The number of hydrogen-bond acceptors (Lipinski definition) is 4. The Hall–Kier alpha value is -5.84. The minimum Gasteiger partial charge on any atom is -0.455 e. The maximum Gasteiger partial charge on any atom is 0.155 e. The van der Waals surface area contributed by atoms with Crippen molar-refractivity contribution in [2.75, 3.05) is 0 Å². The van der Waals surface area contributed by atoms with Gasteiger partial charge in [0.1, 0.15) is 11.2 Å². The number of hydrogen-bond donors (Lipinski definition) is 0. The number of amidine groups is 1. The second-order valence-corrected chi connectivity index (χ2v) is 15.3. The molecule has 248 valence electrons. The van der Waals surface area contributed by atoms with Gasteiger partial charge in [-0.05, 0) is 51.3 Å². The van der Waals surface area contributed by atoms with Gasteiger partial charge in [0.05, 0.1) is 11.8 Å². The second kappa shape index (κ2) is 11.9. The molecule has 1 aliphatic heterocycles. The minimum atomic E-state index is 0.0408. The first-order valence-electron chi connectivity index (χ1n) is 18.2. The van der Waals surface area contributed by atoms with Crippen LogP contribution in [0, 0.1) is 11.8 Å². The number of aliphatic imine (C=N–C) groups is 2. The average Bonchev–Trinajstić information content (AvgIpc) is 4.01. The fraction of sp³-hybridized carbons (Fsp3) is 0.125. The zero-order valence-electron chi connectivity index (χ0n) is 28.5. The van der Waals surface area contributed by atoms with E-state index in [9.17, 15) is 0 Å². The van der Waals surface area contributed by atoms with E-state index in [-0.39, 0.29) is 6.04 Å². The fourth-order valence-electron chi connectivity index (χ4n) is 8.97. The summed E-state index contributed by atoms with van der Waals surface area (Å²) in [6.07, 6.45) is 19.3. The van der Waals surface area contributed by atoms with Gasteiger partial charge in [-0.2, -0.15) is 0 Å². The molecule has 0 N–H and O–H groups in total. The summed E-state index contributed by atoms with van der Waals surface area (Å²) in [7, 11) is 0. The Bertz CT molecular complexity index is 2710. The summed E-state index contributed by atoms with van der Waals surface area (Å²) in [4.78, 5) is 11.9. The molecule has 0 bridgehead atoms. The van der Waals surface area contributed by atoms with E-state index in [1.165, 1.54) is 60.2 Å². The van der Waals surface area contributed by atoms with Crippen molar-refractivity contribution in [1.29, 1.82) is 0 Å². The summed E-state index contributed by atoms with van der Waals surface area (Å²) < 4.78 is 6.55. The van der Waals surface area contributed by atoms with Crippen molar-refractivity contribution in [3.8, 4) is 11.1 Å². The Balaban J connectivity index is 0.960. The molecule has 3 unspecified atom stereocenters. The van der Waals surface area contributed by atoms with E-state index in [0.29, 0.717) is 11.8 Å². The number of thiophene rings is 1. The van der Waals surface area contributed by atoms with Gasteiger partial charge in [0, 0.05) is 62.6 Å². The second-order valence-electron chi connectivity index (χ2n) is 14.3. The molecule has 3 atom stereocenters. The number of benzene rings is 4. The first kappa shape index (κ1) is 29.8. The van der Waals surface area contributed by atoms with E-state index in [1.807, 2.05) is 17.4 Å². The highest BCUT2D eigenvalue weighted by Gasteiger charge is 2.39. The number of allylic oxidation sites excluding steroid dienone is 11. The molecular formula is C48H34N2OS. The van der Waals surface area contributed by atoms with Crippen molar-refractivity contribution in [1.82, 2.24) is 0 Å². The smallest absolute Gasteiger partial charge is 0.155 e. The van der Waals surface area contributed by atoms with E-state index < -0.39 is 0 Å². The van der Waals surface area contributed by atoms with Gasteiger partial charge in [0.15, 0.2) is 5.84 Å². The average molecular weight is 687 g/mol. The molecule has 4 aromatic carbocycles. The summed E-state index contributed by atoms with van der Waals surface area (Å²) >= 11 is 1.90. The summed E-state index contributed by atoms with van der Waals surface area (Å²) in [6.45, 7) is 0. The van der Waals surface area contributed by atoms with E-state index in [0.717, 1.165) is 47.5 Å². The molecule has 11 rings (SSSR count). The molecule has 52 heavy (non-hydrogen) atoms. The molecule has 0 radical (unpaired) electrons. The van der Waals surface area contributed by atoms with Gasteiger partial charge in [0.2, 0.25) is 0 Å². The molecule has 6 aromatic rings. The van der Waals surface area contributed by atoms with Crippen LogP contribution in [-0.2, 0) is 6.42 Å². The number of furan rings is 1. The lowest BCUT2D eigenvalue weighted by atomic mass is 9.70. The van der Waals surface area contributed by atoms with Crippen molar-refractivity contribution >= 4 is 50.4 Å². The monoisotopic (exact) mass is 686 g/mol. The lowest BCUT2D eigenvalue weighted by molar-refractivity contribution is 0.590. The van der Waals surface area contributed by atoms with Gasteiger partial charge in [-0.25, -0.2) is 4.99 Å². The Morgan fingerprint density at radius 1 is 0.692 bits per heavy atom. The molecule has 4 heteroatoms. The molecule has 3 heterocycles. The molecule has 5 aliphatic rings. The van der Waals surface area contributed by atoms with Crippen molar-refractivity contribution in [2.45, 2.75) is 25.3 Å². The summed E-state index contributed by atoms with van der Waals surface area (Å²) in [5.41, 5.74) is 16.3. The topological polar surface area (TPSA) is 37.9 Å². The van der Waals surface area contributed by atoms with Crippen LogP contribution in [0.1, 0.15) is 34.4 Å². The summed E-state index contributed by atoms with van der Waals surface area (Å²) in [6, 6.07) is 36.1. The molecular weight excluding hydrogens is 653 g/mol. The number of rotatable bonds is 5. The third-order valence-electron chi connectivity index (χ3n) is 11.5. The lowest BCUT2D eigenvalue weighted by Crippen LogP contribution is -2.24. The Kier molecular flexibility index (Phi) is 6.81. The fourth-order valence-corrected chi connectivity index (χ4v) is 10.1. The molecule has 0 fully saturated rings. The van der Waals surface area contributed by atoms with Crippen LogP contribution in [0.3, 0.4) is 0 Å². The molecule has 0 saturated carbocycles. The van der Waals surface area contributed by atoms with Crippen LogP contribution < -0.4 is 0 Å². The van der Waals surface area contributed by atoms with E-state index in [1.54, 1.807) is 5.57 Å². The molecule has 0 saturated heterocycles. The first-order valence-corrected chi connectivity index (χ1v) is 19.1. The zero-order valence-corrected chi connectivity index (χ0v) is 29.3. The van der Waals surface area contributed by atoms with Gasteiger partial charge < -0.3 is 4.42 Å². The van der Waals surface area contributed by atoms with Crippen molar-refractivity contribution < 1.29 is 4.42 Å². The highest BCUT2D eigenvalue weighted by atomic mass is 32.1. The minimum absolute atomic E-state index is 0.0408. The predicted octanol–water partition coefficient (Wildman–Crippen LogP) is 11.9. The van der Waals surface area contributed by atoms with Crippen LogP contribution >= 0.6 is 11.3 Å². The van der Waals surface area contributed by atoms with Gasteiger partial charge in [-0.1, -0.05) is 140 Å². The van der Waals surface area contributed by atoms with Gasteiger partial charge in [-0.3, -0.25) is 4.99 Å². The third kappa shape index (κ3) is 4.71. The van der Waals surface area contributed by atoms with Gasteiger partial charge in [-0.15, -0.1) is 11.3 Å². The quantitative estimate of drug-likeness (QED) is 0.178. The zero-order chi connectivity index (χ0) is 34.2. The lowest BCUT2D eigenvalue weighted by Gasteiger charge is -2.33. The Morgan fingerprint density at radius 3 is 2.33 bits per heavy atom. The third-order valence-corrected chi connectivity index (χ3v) is 12.4. The van der Waals surface area contributed by atoms with Crippen molar-refractivity contribution in [2.24, 2.45) is 21.8 Å². The summed E-state index contributed by atoms with van der Waals surface area (Å²) in [5.74, 6) is 1.50. The van der Waals surface area contributed by atoms with E-state index >= 15 is 0 Å². The van der Waals surface area contributed by atoms with Crippen molar-refractivity contribution in [3.05, 3.63) is 195 Å². The Labute approximate surface area is 306 Å². The maximum atomic E-state index is 6.55. The number of fused-ring (bicyclic) bond motifs is 7. The highest BCUT2D eigenvalue weighted by molar-refractivity contribution is 7.10. The molecule has 0 amide bonds. The molecule has 0 spiro atoms. The SMILES string of the molecule is C1=CC2C(C3=CC=C(C4CC(c5ccccc5)=NC(c5ccccc5)=N4)C3)=CC3=C(Cc4scc(-c5cccc6c5oc5ccccc56)c43)C2C=C1. The summed E-state index contributed by atoms with van der Waals surface area (Å²) in [5, 5.41) is 4.71. The normalized spacial score (nSPS) is 21.8. The maximum absolute atomic E-state index is 6.55. The predicted molar refractivity (Wildman–Crippen MR) is 216 cm³/mol. The molecule has 3 nitrogen and oxygen atoms in total. The molecule has 4 aliphatic carbocycles. The van der Waals surface area contributed by atoms with Gasteiger partial charge >= 0.3 is 0 Å². The van der Waals surface area contributed by atoms with E-state index in [2.05, 4.69) is 145 Å². The number of para-hydroxylation sites is 2. The van der Waals surface area contributed by atoms with Crippen LogP contribution in [0.25, 0.3) is 38.6 Å². The van der Waals surface area contributed by atoms with Crippen LogP contribution in [0.5, 0.6) is 0 Å².